The lowest BCUT2D eigenvalue weighted by Crippen LogP contribution is -2.21. The van der Waals surface area contributed by atoms with Crippen LogP contribution in [0.3, 0.4) is 0 Å². The Morgan fingerprint density at radius 3 is 2.11 bits per heavy atom. The molecule has 5 aromatic rings. The predicted molar refractivity (Wildman–Crippen MR) is 172 cm³/mol. The second kappa shape index (κ2) is 12.7. The van der Waals surface area contributed by atoms with Crippen molar-refractivity contribution in [2.24, 2.45) is 4.99 Å². The molecule has 4 aromatic heterocycles. The van der Waals surface area contributed by atoms with Crippen LogP contribution in [-0.2, 0) is 16.4 Å². The molecule has 18 heteroatoms. The summed E-state index contributed by atoms with van der Waals surface area (Å²) >= 11 is 2.29. The molecule has 45 heavy (non-hydrogen) atoms. The van der Waals surface area contributed by atoms with Gasteiger partial charge in [-0.1, -0.05) is 22.7 Å². The van der Waals surface area contributed by atoms with E-state index in [0.717, 1.165) is 46.5 Å². The van der Waals surface area contributed by atoms with E-state index in [9.17, 15) is 18.0 Å². The van der Waals surface area contributed by atoms with Gasteiger partial charge in [0.25, 0.3) is 11.8 Å². The molecule has 0 saturated heterocycles. The lowest BCUT2D eigenvalue weighted by Gasteiger charge is -2.14. The van der Waals surface area contributed by atoms with Crippen LogP contribution < -0.4 is 10.1 Å². The van der Waals surface area contributed by atoms with E-state index in [-0.39, 0.29) is 27.4 Å². The van der Waals surface area contributed by atoms with E-state index in [2.05, 4.69) is 40.2 Å². The van der Waals surface area contributed by atoms with Gasteiger partial charge in [0.2, 0.25) is 0 Å². The van der Waals surface area contributed by atoms with E-state index >= 15 is 0 Å². The highest BCUT2D eigenvalue weighted by Gasteiger charge is 2.22. The smallest absolute Gasteiger partial charge is 0.282 e. The van der Waals surface area contributed by atoms with Crippen LogP contribution in [0.4, 0.5) is 11.5 Å². The molecule has 0 spiro atoms. The standard InChI is InChI=1S/C18H18N6O2S.C9H10N4O3S2/c1-4-26-13-6-11-8-19-7-10(11)5-12(13)22-15-14-16(21-9-20-15)27-17(23-14)18(25)24(2)3;1-13(2)9(14)7-12-5-6(17-7)10-4-11-8(5)18(3,15)16/h5-7,9H,4,8H2,1-3H3,(H,20,21,22);4H,1-3H3. The van der Waals surface area contributed by atoms with Crippen molar-refractivity contribution in [3.63, 3.8) is 0 Å². The summed E-state index contributed by atoms with van der Waals surface area (Å²) in [4.78, 5) is 56.9. The van der Waals surface area contributed by atoms with Gasteiger partial charge in [0.05, 0.1) is 18.8 Å². The summed E-state index contributed by atoms with van der Waals surface area (Å²) in [6.45, 7) is 3.15. The zero-order valence-electron chi connectivity index (χ0n) is 25.1. The molecule has 0 atom stereocenters. The van der Waals surface area contributed by atoms with Gasteiger partial charge < -0.3 is 19.9 Å². The van der Waals surface area contributed by atoms with Gasteiger partial charge >= 0.3 is 0 Å². The van der Waals surface area contributed by atoms with Gasteiger partial charge in [0.1, 0.15) is 39.1 Å². The number of aromatic nitrogens is 6. The third-order valence-corrected chi connectivity index (χ3v) is 9.08. The fraction of sp³-hybridized carbons (Fsp3) is 0.296. The van der Waals surface area contributed by atoms with Crippen LogP contribution in [-0.4, -0.2) is 107 Å². The van der Waals surface area contributed by atoms with E-state index < -0.39 is 9.84 Å². The van der Waals surface area contributed by atoms with Crippen LogP contribution in [0.2, 0.25) is 0 Å². The molecule has 0 bridgehead atoms. The summed E-state index contributed by atoms with van der Waals surface area (Å²) in [5, 5.41) is 3.72. The highest BCUT2D eigenvalue weighted by Crippen LogP contribution is 2.35. The van der Waals surface area contributed by atoms with Gasteiger partial charge in [-0.15, -0.1) is 0 Å². The molecule has 0 radical (unpaired) electrons. The Morgan fingerprint density at radius 2 is 1.51 bits per heavy atom. The summed E-state index contributed by atoms with van der Waals surface area (Å²) in [7, 11) is 3.08. The van der Waals surface area contributed by atoms with Crippen molar-refractivity contribution in [2.45, 2.75) is 18.5 Å². The van der Waals surface area contributed by atoms with Gasteiger partial charge in [-0.3, -0.25) is 14.6 Å². The Morgan fingerprint density at radius 1 is 0.911 bits per heavy atom. The number of carbonyl (C=O) groups excluding carboxylic acids is 2. The first-order valence-corrected chi connectivity index (χ1v) is 16.8. The number of nitrogens with one attached hydrogen (secondary N) is 1. The van der Waals surface area contributed by atoms with Crippen molar-refractivity contribution in [3.8, 4) is 5.75 Å². The number of carbonyl (C=O) groups is 2. The minimum atomic E-state index is -3.49. The summed E-state index contributed by atoms with van der Waals surface area (Å²) in [5.41, 5.74) is 3.66. The number of aliphatic imine (C=N–C) groups is 1. The zero-order chi connectivity index (χ0) is 32.5. The van der Waals surface area contributed by atoms with Gasteiger partial charge in [0.15, 0.2) is 30.7 Å². The maximum Gasteiger partial charge on any atom is 0.282 e. The molecule has 1 N–H and O–H groups in total. The number of fused-ring (bicyclic) bond motifs is 3. The molecule has 1 aliphatic heterocycles. The fourth-order valence-corrected chi connectivity index (χ4v) is 6.71. The maximum atomic E-state index is 12.2. The van der Waals surface area contributed by atoms with Crippen LogP contribution in [0.15, 0.2) is 34.8 Å². The summed E-state index contributed by atoms with van der Waals surface area (Å²) < 4.78 is 28.9. The second-order valence-corrected chi connectivity index (χ2v) is 13.9. The first-order chi connectivity index (χ1) is 21.4. The highest BCUT2D eigenvalue weighted by molar-refractivity contribution is 7.90. The number of thiazole rings is 2. The van der Waals surface area contributed by atoms with E-state index in [0.29, 0.717) is 39.2 Å². The van der Waals surface area contributed by atoms with Crippen LogP contribution in [0, 0.1) is 0 Å². The van der Waals surface area contributed by atoms with Crippen LogP contribution in [0.25, 0.3) is 20.7 Å². The number of benzene rings is 1. The highest BCUT2D eigenvalue weighted by atomic mass is 32.2. The predicted octanol–water partition coefficient (Wildman–Crippen LogP) is 3.05. The number of ether oxygens (including phenoxy) is 1. The summed E-state index contributed by atoms with van der Waals surface area (Å²) in [6, 6.07) is 3.98. The summed E-state index contributed by atoms with van der Waals surface area (Å²) in [6.07, 6.45) is 5.51. The number of hydrogen-bond donors (Lipinski definition) is 1. The number of hydrogen-bond acceptors (Lipinski definition) is 15. The van der Waals surface area contributed by atoms with Crippen molar-refractivity contribution < 1.29 is 22.7 Å². The third kappa shape index (κ3) is 6.71. The van der Waals surface area contributed by atoms with Gasteiger partial charge in [0, 0.05) is 40.7 Å². The monoisotopic (exact) mass is 668 g/mol. The lowest BCUT2D eigenvalue weighted by molar-refractivity contribution is 0.0820. The van der Waals surface area contributed by atoms with Crippen LogP contribution in [0.1, 0.15) is 37.7 Å². The van der Waals surface area contributed by atoms with Gasteiger partial charge in [-0.25, -0.2) is 38.3 Å². The van der Waals surface area contributed by atoms with Crippen molar-refractivity contribution in [3.05, 3.63) is 45.9 Å². The number of nitrogens with zero attached hydrogens (tertiary/aromatic N) is 9. The molecule has 0 fully saturated rings. The number of amides is 2. The normalized spacial score (nSPS) is 12.0. The minimum Gasteiger partial charge on any atom is -0.492 e. The van der Waals surface area contributed by atoms with E-state index in [1.54, 1.807) is 28.2 Å². The molecular formula is C27H28N10O5S3. The van der Waals surface area contributed by atoms with Crippen LogP contribution >= 0.6 is 22.7 Å². The Kier molecular flexibility index (Phi) is 8.98. The average Bonchev–Trinajstić information content (AvgIpc) is 3.74. The molecule has 2 amide bonds. The molecule has 5 heterocycles. The van der Waals surface area contributed by atoms with E-state index in [1.807, 2.05) is 25.3 Å². The molecule has 1 aliphatic rings. The number of sulfone groups is 1. The molecular weight excluding hydrogens is 641 g/mol. The topological polar surface area (TPSA) is 186 Å². The first kappa shape index (κ1) is 31.7. The van der Waals surface area contributed by atoms with Gasteiger partial charge in [-0.2, -0.15) is 0 Å². The van der Waals surface area contributed by atoms with Crippen molar-refractivity contribution in [1.82, 2.24) is 39.7 Å². The quantitative estimate of drug-likeness (QED) is 0.250. The molecule has 0 unspecified atom stereocenters. The zero-order valence-corrected chi connectivity index (χ0v) is 27.5. The van der Waals surface area contributed by atoms with Gasteiger partial charge in [-0.05, 0) is 30.2 Å². The minimum absolute atomic E-state index is 0.148. The summed E-state index contributed by atoms with van der Waals surface area (Å²) in [5.74, 6) is 0.809. The van der Waals surface area contributed by atoms with E-state index in [1.165, 1.54) is 27.5 Å². The fourth-order valence-electron chi connectivity index (χ4n) is 4.05. The second-order valence-electron chi connectivity index (χ2n) is 9.99. The molecule has 0 saturated carbocycles. The molecule has 0 aliphatic carbocycles. The Hall–Kier alpha value is -4.68. The SMILES string of the molecule is CCOc1cc2c(cc1Nc1ncnc3sc(C(=O)N(C)C)nc13)C=NC2.CN(C)C(=O)c1nc2c(S(C)(=O)=O)ncnc2s1. The van der Waals surface area contributed by atoms with Crippen molar-refractivity contribution in [1.29, 1.82) is 0 Å². The third-order valence-electron chi connectivity index (χ3n) is 6.17. The first-order valence-electron chi connectivity index (χ1n) is 13.3. The lowest BCUT2D eigenvalue weighted by atomic mass is 10.1. The molecule has 6 rings (SSSR count). The largest absolute Gasteiger partial charge is 0.492 e. The Labute approximate surface area is 266 Å². The van der Waals surface area contributed by atoms with Crippen molar-refractivity contribution in [2.75, 3.05) is 46.4 Å². The molecule has 1 aromatic carbocycles. The number of rotatable bonds is 7. The maximum absolute atomic E-state index is 12.2. The average molecular weight is 669 g/mol. The van der Waals surface area contributed by atoms with Crippen LogP contribution in [0.5, 0.6) is 5.75 Å². The van der Waals surface area contributed by atoms with Crippen molar-refractivity contribution >= 4 is 82.7 Å². The van der Waals surface area contributed by atoms with E-state index in [4.69, 9.17) is 4.74 Å². The molecule has 234 valence electrons. The Bertz CT molecular complexity index is 2070. The Balaban J connectivity index is 0.000000194. The number of anilines is 2. The molecule has 15 nitrogen and oxygen atoms in total.